The Balaban J connectivity index is 1.73. The SMILES string of the molecule is CCn1c2ccccc2c2nnc(N/N=C(\C)c3ccccc3)nc21. The normalized spacial score (nSPS) is 12.0. The molecule has 4 rings (SSSR count). The lowest BCUT2D eigenvalue weighted by Gasteiger charge is -2.04. The quantitative estimate of drug-likeness (QED) is 0.456. The second kappa shape index (κ2) is 6.32. The zero-order valence-corrected chi connectivity index (χ0v) is 14.1. The van der Waals surface area contributed by atoms with Crippen molar-refractivity contribution in [1.29, 1.82) is 0 Å². The first-order valence-electron chi connectivity index (χ1n) is 8.25. The maximum absolute atomic E-state index is 4.62. The van der Waals surface area contributed by atoms with Crippen LogP contribution in [0.25, 0.3) is 22.1 Å². The summed E-state index contributed by atoms with van der Waals surface area (Å²) in [6, 6.07) is 18.1. The number of benzene rings is 2. The molecule has 2 aromatic carbocycles. The number of hydrogen-bond donors (Lipinski definition) is 1. The Labute approximate surface area is 145 Å². The summed E-state index contributed by atoms with van der Waals surface area (Å²) in [5.41, 5.74) is 7.57. The fourth-order valence-corrected chi connectivity index (χ4v) is 2.95. The average molecular weight is 330 g/mol. The molecular formula is C19H18N6. The van der Waals surface area contributed by atoms with Crippen LogP contribution in [-0.4, -0.2) is 25.5 Å². The van der Waals surface area contributed by atoms with Crippen LogP contribution in [0.4, 0.5) is 5.95 Å². The van der Waals surface area contributed by atoms with Gasteiger partial charge in [0.15, 0.2) is 5.65 Å². The number of rotatable bonds is 4. The summed E-state index contributed by atoms with van der Waals surface area (Å²) in [5.74, 6) is 0.389. The van der Waals surface area contributed by atoms with Crippen LogP contribution in [0.2, 0.25) is 0 Å². The first-order valence-corrected chi connectivity index (χ1v) is 8.25. The molecule has 6 heteroatoms. The van der Waals surface area contributed by atoms with Crippen molar-refractivity contribution in [1.82, 2.24) is 19.7 Å². The lowest BCUT2D eigenvalue weighted by atomic mass is 10.1. The van der Waals surface area contributed by atoms with Gasteiger partial charge in [0, 0.05) is 11.9 Å². The summed E-state index contributed by atoms with van der Waals surface area (Å²) in [6.07, 6.45) is 0. The van der Waals surface area contributed by atoms with Gasteiger partial charge in [-0.25, -0.2) is 5.43 Å². The highest BCUT2D eigenvalue weighted by atomic mass is 15.4. The van der Waals surface area contributed by atoms with Crippen LogP contribution in [0.5, 0.6) is 0 Å². The summed E-state index contributed by atoms with van der Waals surface area (Å²) in [6.45, 7) is 4.85. The molecule has 0 fully saturated rings. The van der Waals surface area contributed by atoms with E-state index in [1.54, 1.807) is 0 Å². The zero-order valence-electron chi connectivity index (χ0n) is 14.1. The van der Waals surface area contributed by atoms with Gasteiger partial charge in [-0.05, 0) is 25.5 Å². The highest BCUT2D eigenvalue weighted by Crippen LogP contribution is 2.26. The Bertz CT molecular complexity index is 1070. The Hall–Kier alpha value is -3.28. The maximum atomic E-state index is 4.62. The van der Waals surface area contributed by atoms with Gasteiger partial charge in [0.25, 0.3) is 5.95 Å². The molecule has 0 unspecified atom stereocenters. The number of aromatic nitrogens is 4. The standard InChI is InChI=1S/C19H18N6/c1-3-25-16-12-8-7-11-15(16)17-18(25)20-19(24-22-17)23-21-13(2)14-9-5-4-6-10-14/h4-12H,3H2,1-2H3,(H,20,23,24)/b21-13+. The van der Waals surface area contributed by atoms with E-state index >= 15 is 0 Å². The zero-order chi connectivity index (χ0) is 17.2. The van der Waals surface area contributed by atoms with E-state index in [9.17, 15) is 0 Å². The van der Waals surface area contributed by atoms with Crippen LogP contribution >= 0.6 is 0 Å². The minimum atomic E-state index is 0.389. The van der Waals surface area contributed by atoms with Gasteiger partial charge in [0.05, 0.1) is 11.2 Å². The number of nitrogens with zero attached hydrogens (tertiary/aromatic N) is 5. The lowest BCUT2D eigenvalue weighted by Crippen LogP contribution is -2.04. The second-order valence-corrected chi connectivity index (χ2v) is 5.74. The predicted molar refractivity (Wildman–Crippen MR) is 101 cm³/mol. The molecule has 2 heterocycles. The first kappa shape index (κ1) is 15.3. The fourth-order valence-electron chi connectivity index (χ4n) is 2.95. The number of hydrogen-bond acceptors (Lipinski definition) is 5. The fraction of sp³-hybridized carbons (Fsp3) is 0.158. The van der Waals surface area contributed by atoms with Crippen LogP contribution in [0.3, 0.4) is 0 Å². The van der Waals surface area contributed by atoms with E-state index in [1.165, 1.54) is 0 Å². The van der Waals surface area contributed by atoms with E-state index in [2.05, 4.69) is 43.3 Å². The van der Waals surface area contributed by atoms with E-state index in [1.807, 2.05) is 55.5 Å². The number of nitrogens with one attached hydrogen (secondary N) is 1. The summed E-state index contributed by atoms with van der Waals surface area (Å²) in [7, 11) is 0. The van der Waals surface area contributed by atoms with Gasteiger partial charge < -0.3 is 4.57 Å². The minimum absolute atomic E-state index is 0.389. The molecular weight excluding hydrogens is 312 g/mol. The highest BCUT2D eigenvalue weighted by Gasteiger charge is 2.13. The van der Waals surface area contributed by atoms with Crippen molar-refractivity contribution in [3.05, 3.63) is 60.2 Å². The smallest absolute Gasteiger partial charge is 0.265 e. The summed E-state index contributed by atoms with van der Waals surface area (Å²) in [5, 5.41) is 14.0. The molecule has 1 N–H and O–H groups in total. The lowest BCUT2D eigenvalue weighted by molar-refractivity contribution is 0.811. The van der Waals surface area contributed by atoms with Gasteiger partial charge in [-0.3, -0.25) is 0 Å². The van der Waals surface area contributed by atoms with Crippen LogP contribution in [0.15, 0.2) is 59.7 Å². The molecule has 4 aromatic rings. The molecule has 0 spiro atoms. The molecule has 124 valence electrons. The second-order valence-electron chi connectivity index (χ2n) is 5.74. The van der Waals surface area contributed by atoms with Crippen molar-refractivity contribution >= 4 is 33.7 Å². The van der Waals surface area contributed by atoms with Gasteiger partial charge in [-0.2, -0.15) is 10.1 Å². The van der Waals surface area contributed by atoms with Crippen molar-refractivity contribution in [2.24, 2.45) is 5.10 Å². The Kier molecular flexibility index (Phi) is 3.85. The monoisotopic (exact) mass is 330 g/mol. The molecule has 0 saturated carbocycles. The third-order valence-electron chi connectivity index (χ3n) is 4.21. The molecule has 25 heavy (non-hydrogen) atoms. The third-order valence-corrected chi connectivity index (χ3v) is 4.21. The predicted octanol–water partition coefficient (Wildman–Crippen LogP) is 3.84. The van der Waals surface area contributed by atoms with Crippen molar-refractivity contribution in [2.45, 2.75) is 20.4 Å². The molecule has 0 bridgehead atoms. The molecule has 0 radical (unpaired) electrons. The molecule has 0 amide bonds. The first-order chi connectivity index (χ1) is 12.3. The van der Waals surface area contributed by atoms with E-state index < -0.39 is 0 Å². The molecule has 0 saturated heterocycles. The Morgan fingerprint density at radius 3 is 2.60 bits per heavy atom. The third kappa shape index (κ3) is 2.71. The average Bonchev–Trinajstić information content (AvgIpc) is 2.99. The molecule has 6 nitrogen and oxygen atoms in total. The van der Waals surface area contributed by atoms with Gasteiger partial charge in [0.1, 0.15) is 5.52 Å². The Morgan fingerprint density at radius 2 is 1.80 bits per heavy atom. The van der Waals surface area contributed by atoms with Gasteiger partial charge >= 0.3 is 0 Å². The highest BCUT2D eigenvalue weighted by molar-refractivity contribution is 6.04. The van der Waals surface area contributed by atoms with E-state index in [0.29, 0.717) is 5.95 Å². The van der Waals surface area contributed by atoms with E-state index in [-0.39, 0.29) is 0 Å². The summed E-state index contributed by atoms with van der Waals surface area (Å²) in [4.78, 5) is 4.62. The van der Waals surface area contributed by atoms with Gasteiger partial charge in [-0.1, -0.05) is 48.5 Å². The van der Waals surface area contributed by atoms with E-state index in [4.69, 9.17) is 0 Å². The number of hydrazone groups is 1. The number of anilines is 1. The number of aryl methyl sites for hydroxylation is 1. The van der Waals surface area contributed by atoms with Crippen molar-refractivity contribution in [2.75, 3.05) is 5.43 Å². The van der Waals surface area contributed by atoms with Gasteiger partial charge in [0.2, 0.25) is 0 Å². The summed E-state index contributed by atoms with van der Waals surface area (Å²) >= 11 is 0. The topological polar surface area (TPSA) is 68.0 Å². The van der Waals surface area contributed by atoms with E-state index in [0.717, 1.165) is 39.9 Å². The molecule has 0 aliphatic rings. The molecule has 0 aliphatic carbocycles. The number of para-hydroxylation sites is 1. The van der Waals surface area contributed by atoms with Crippen molar-refractivity contribution < 1.29 is 0 Å². The number of fused-ring (bicyclic) bond motifs is 3. The van der Waals surface area contributed by atoms with Crippen molar-refractivity contribution in [3.8, 4) is 0 Å². The largest absolute Gasteiger partial charge is 0.324 e. The van der Waals surface area contributed by atoms with Crippen LogP contribution in [-0.2, 0) is 6.54 Å². The van der Waals surface area contributed by atoms with Crippen LogP contribution in [0, 0.1) is 0 Å². The molecule has 0 aliphatic heterocycles. The van der Waals surface area contributed by atoms with Crippen molar-refractivity contribution in [3.63, 3.8) is 0 Å². The molecule has 0 atom stereocenters. The minimum Gasteiger partial charge on any atom is -0.324 e. The van der Waals surface area contributed by atoms with Gasteiger partial charge in [-0.15, -0.1) is 10.2 Å². The Morgan fingerprint density at radius 1 is 1.04 bits per heavy atom. The summed E-state index contributed by atoms with van der Waals surface area (Å²) < 4.78 is 2.14. The van der Waals surface area contributed by atoms with Crippen LogP contribution < -0.4 is 5.43 Å². The van der Waals surface area contributed by atoms with Crippen LogP contribution in [0.1, 0.15) is 19.4 Å². The maximum Gasteiger partial charge on any atom is 0.265 e. The molecule has 2 aromatic heterocycles.